The molecule has 47 heavy (non-hydrogen) atoms. The van der Waals surface area contributed by atoms with Gasteiger partial charge in [0.15, 0.2) is 0 Å². The fraction of sp³-hybridized carbons (Fsp3) is 0.588. The lowest BCUT2D eigenvalue weighted by molar-refractivity contribution is -0.116. The zero-order chi connectivity index (χ0) is 34.7. The first kappa shape index (κ1) is 38.7. The fourth-order valence-corrected chi connectivity index (χ4v) is 6.69. The molecule has 262 valence electrons. The second-order valence-electron chi connectivity index (χ2n) is 12.7. The highest BCUT2D eigenvalue weighted by molar-refractivity contribution is 7.89. The van der Waals surface area contributed by atoms with E-state index in [9.17, 15) is 23.1 Å². The molecule has 1 heterocycles. The first-order valence-electron chi connectivity index (χ1n) is 16.2. The van der Waals surface area contributed by atoms with Crippen LogP contribution >= 0.6 is 11.6 Å². The summed E-state index contributed by atoms with van der Waals surface area (Å²) in [5.41, 5.74) is 0.747. The molecule has 0 saturated carbocycles. The first-order chi connectivity index (χ1) is 22.2. The smallest absolute Gasteiger partial charge is 0.258 e. The number of benzene rings is 2. The van der Waals surface area contributed by atoms with Gasteiger partial charge in [0, 0.05) is 49.8 Å². The second kappa shape index (κ2) is 18.1. The van der Waals surface area contributed by atoms with Crippen molar-refractivity contribution in [3.05, 3.63) is 53.1 Å². The van der Waals surface area contributed by atoms with Gasteiger partial charge in [-0.15, -0.1) is 0 Å². The molecule has 2 amide bonds. The number of carbonyl (C=O) groups excluding carboxylic acids is 2. The minimum absolute atomic E-state index is 0.0573. The summed E-state index contributed by atoms with van der Waals surface area (Å²) in [5.74, 6) is -0.445. The van der Waals surface area contributed by atoms with Crippen molar-refractivity contribution in [2.45, 2.75) is 76.0 Å². The molecule has 3 rings (SSSR count). The van der Waals surface area contributed by atoms with E-state index in [4.69, 9.17) is 21.1 Å². The normalized spacial score (nSPS) is 20.8. The molecule has 11 nitrogen and oxygen atoms in total. The van der Waals surface area contributed by atoms with E-state index in [1.54, 1.807) is 30.0 Å². The maximum Gasteiger partial charge on any atom is 0.258 e. The van der Waals surface area contributed by atoms with E-state index in [1.807, 2.05) is 32.8 Å². The molecule has 1 aliphatic heterocycles. The number of rotatable bonds is 11. The van der Waals surface area contributed by atoms with Crippen molar-refractivity contribution in [2.75, 3.05) is 59.3 Å². The Balaban J connectivity index is 1.92. The van der Waals surface area contributed by atoms with Gasteiger partial charge < -0.3 is 29.7 Å². The number of hydrogen-bond acceptors (Lipinski definition) is 8. The van der Waals surface area contributed by atoms with Crippen LogP contribution in [0.2, 0.25) is 5.02 Å². The zero-order valence-electron chi connectivity index (χ0n) is 28.4. The van der Waals surface area contributed by atoms with E-state index in [0.717, 1.165) is 19.4 Å². The van der Waals surface area contributed by atoms with Crippen molar-refractivity contribution < 1.29 is 32.6 Å². The molecular formula is C34H51ClN4O7S. The Kier molecular flexibility index (Phi) is 14.9. The van der Waals surface area contributed by atoms with Crippen molar-refractivity contribution in [1.29, 1.82) is 0 Å². The fourth-order valence-electron chi connectivity index (χ4n) is 5.38. The second-order valence-corrected chi connectivity index (χ2v) is 15.2. The Bertz CT molecular complexity index is 1420. The SMILES string of the molecule is C[C@H](CO)N1C[C@H](C)[C@@H](CN(C)S(=O)(=O)c2ccc(Cl)cc2)OCCCC[C@H](C)Oc2ccc(NC(=O)CCCN(C)C)cc2C1=O. The van der Waals surface area contributed by atoms with Crippen LogP contribution in [-0.4, -0.2) is 112 Å². The lowest BCUT2D eigenvalue weighted by Crippen LogP contribution is -2.48. The summed E-state index contributed by atoms with van der Waals surface area (Å²) in [5, 5.41) is 13.5. The van der Waals surface area contributed by atoms with Crippen molar-refractivity contribution in [2.24, 2.45) is 5.92 Å². The number of aliphatic hydroxyl groups excluding tert-OH is 1. The van der Waals surface area contributed by atoms with E-state index >= 15 is 0 Å². The third-order valence-electron chi connectivity index (χ3n) is 8.30. The Morgan fingerprint density at radius 2 is 1.83 bits per heavy atom. The summed E-state index contributed by atoms with van der Waals surface area (Å²) >= 11 is 5.98. The average Bonchev–Trinajstić information content (AvgIpc) is 3.02. The highest BCUT2D eigenvalue weighted by Gasteiger charge is 2.32. The predicted octanol–water partition coefficient (Wildman–Crippen LogP) is 4.74. The summed E-state index contributed by atoms with van der Waals surface area (Å²) in [6.07, 6.45) is 2.54. The van der Waals surface area contributed by atoms with Crippen molar-refractivity contribution in [3.8, 4) is 5.75 Å². The van der Waals surface area contributed by atoms with Crippen LogP contribution in [0.25, 0.3) is 0 Å². The number of nitrogens with one attached hydrogen (secondary N) is 1. The molecule has 0 bridgehead atoms. The highest BCUT2D eigenvalue weighted by atomic mass is 35.5. The largest absolute Gasteiger partial charge is 0.490 e. The number of nitrogens with zero attached hydrogens (tertiary/aromatic N) is 3. The predicted molar refractivity (Wildman–Crippen MR) is 185 cm³/mol. The lowest BCUT2D eigenvalue weighted by atomic mass is 10.0. The highest BCUT2D eigenvalue weighted by Crippen LogP contribution is 2.29. The van der Waals surface area contributed by atoms with Gasteiger partial charge in [-0.3, -0.25) is 9.59 Å². The van der Waals surface area contributed by atoms with E-state index in [1.165, 1.54) is 35.6 Å². The van der Waals surface area contributed by atoms with E-state index < -0.39 is 22.2 Å². The van der Waals surface area contributed by atoms with Crippen LogP contribution in [0.15, 0.2) is 47.4 Å². The zero-order valence-corrected chi connectivity index (χ0v) is 30.0. The molecule has 2 N–H and O–H groups in total. The third kappa shape index (κ3) is 11.4. The number of carbonyl (C=O) groups is 2. The number of hydrogen-bond donors (Lipinski definition) is 2. The molecule has 0 aliphatic carbocycles. The minimum Gasteiger partial charge on any atom is -0.490 e. The lowest BCUT2D eigenvalue weighted by Gasteiger charge is -2.35. The van der Waals surface area contributed by atoms with Gasteiger partial charge in [0.2, 0.25) is 15.9 Å². The van der Waals surface area contributed by atoms with Gasteiger partial charge in [0.1, 0.15) is 5.75 Å². The summed E-state index contributed by atoms with van der Waals surface area (Å²) in [6, 6.07) is 10.5. The summed E-state index contributed by atoms with van der Waals surface area (Å²) in [4.78, 5) is 30.7. The Morgan fingerprint density at radius 3 is 2.49 bits per heavy atom. The molecule has 0 spiro atoms. The van der Waals surface area contributed by atoms with E-state index in [-0.39, 0.29) is 54.0 Å². The van der Waals surface area contributed by atoms with Gasteiger partial charge >= 0.3 is 0 Å². The van der Waals surface area contributed by atoms with Gasteiger partial charge in [-0.25, -0.2) is 8.42 Å². The quantitative estimate of drug-likeness (QED) is 0.346. The number of likely N-dealkylation sites (N-methyl/N-ethyl adjacent to an activating group) is 1. The topological polar surface area (TPSA) is 129 Å². The molecule has 0 unspecified atom stereocenters. The van der Waals surface area contributed by atoms with Crippen molar-refractivity contribution >= 4 is 39.1 Å². The van der Waals surface area contributed by atoms with Crippen LogP contribution in [0.5, 0.6) is 5.75 Å². The Hall–Kier alpha value is -2.74. The van der Waals surface area contributed by atoms with E-state index in [0.29, 0.717) is 42.3 Å². The average molecular weight is 695 g/mol. The molecular weight excluding hydrogens is 644 g/mol. The van der Waals surface area contributed by atoms with Gasteiger partial charge in [0.05, 0.1) is 35.3 Å². The van der Waals surface area contributed by atoms with Gasteiger partial charge in [-0.1, -0.05) is 18.5 Å². The number of halogens is 1. The maximum atomic E-state index is 14.3. The van der Waals surface area contributed by atoms with Gasteiger partial charge in [-0.05, 0) is 103 Å². The number of aliphatic hydroxyl groups is 1. The summed E-state index contributed by atoms with van der Waals surface area (Å²) in [7, 11) is 1.58. The van der Waals surface area contributed by atoms with Gasteiger partial charge in [-0.2, -0.15) is 4.31 Å². The summed E-state index contributed by atoms with van der Waals surface area (Å²) in [6.45, 7) is 6.74. The van der Waals surface area contributed by atoms with Gasteiger partial charge in [0.25, 0.3) is 5.91 Å². The molecule has 13 heteroatoms. The van der Waals surface area contributed by atoms with Crippen LogP contribution in [0, 0.1) is 5.92 Å². The van der Waals surface area contributed by atoms with E-state index in [2.05, 4.69) is 5.32 Å². The molecule has 2 aromatic carbocycles. The van der Waals surface area contributed by atoms with Crippen molar-refractivity contribution in [3.63, 3.8) is 0 Å². The van der Waals surface area contributed by atoms with Crippen LogP contribution in [0.1, 0.15) is 63.2 Å². The molecule has 0 radical (unpaired) electrons. The molecule has 0 fully saturated rings. The third-order valence-corrected chi connectivity index (χ3v) is 10.4. The number of amides is 2. The Labute approximate surface area is 285 Å². The minimum atomic E-state index is -3.84. The Morgan fingerprint density at radius 1 is 1.13 bits per heavy atom. The van der Waals surface area contributed by atoms with Crippen molar-refractivity contribution in [1.82, 2.24) is 14.1 Å². The maximum absolute atomic E-state index is 14.3. The summed E-state index contributed by atoms with van der Waals surface area (Å²) < 4.78 is 40.7. The number of fused-ring (bicyclic) bond motifs is 1. The monoisotopic (exact) mass is 694 g/mol. The number of ether oxygens (including phenoxy) is 2. The number of anilines is 1. The van der Waals surface area contributed by atoms with Crippen LogP contribution < -0.4 is 10.1 Å². The molecule has 1 aliphatic rings. The molecule has 2 aromatic rings. The molecule has 0 aromatic heterocycles. The van der Waals surface area contributed by atoms with Crippen LogP contribution in [0.4, 0.5) is 5.69 Å². The standard InChI is InChI=1S/C34H51ClN4O7S/c1-24-21-39(25(2)23-40)34(42)30-20-28(36-33(41)11-9-18-37(4)5)14-17-31(30)46-26(3)10-7-8-19-45-32(24)22-38(6)47(43,44)29-15-12-27(35)13-16-29/h12-17,20,24-26,32,40H,7-11,18-19,21-23H2,1-6H3,(H,36,41)/t24-,25+,26-,32+/m0/s1. The molecule has 4 atom stereocenters. The van der Waals surface area contributed by atoms with Crippen LogP contribution in [-0.2, 0) is 19.6 Å². The number of sulfonamides is 1. The molecule has 0 saturated heterocycles. The first-order valence-corrected chi connectivity index (χ1v) is 18.0. The van der Waals surface area contributed by atoms with Crippen LogP contribution in [0.3, 0.4) is 0 Å².